The molecular weight excluding hydrogens is 230 g/mol. The van der Waals surface area contributed by atoms with Crippen molar-refractivity contribution < 1.29 is 9.84 Å². The molecule has 0 radical (unpaired) electrons. The number of nitrogens with zero attached hydrogens (tertiary/aromatic N) is 3. The van der Waals surface area contributed by atoms with Gasteiger partial charge >= 0.3 is 0 Å². The fourth-order valence-electron chi connectivity index (χ4n) is 2.97. The molecule has 0 saturated carbocycles. The van der Waals surface area contributed by atoms with Gasteiger partial charge in [-0.1, -0.05) is 0 Å². The molecule has 2 atom stereocenters. The lowest BCUT2D eigenvalue weighted by Gasteiger charge is -2.20. The van der Waals surface area contributed by atoms with E-state index in [0.717, 1.165) is 57.1 Å². The third kappa shape index (κ3) is 2.42. The van der Waals surface area contributed by atoms with Crippen molar-refractivity contribution in [3.8, 4) is 0 Å². The molecule has 0 amide bonds. The van der Waals surface area contributed by atoms with Gasteiger partial charge in [-0.05, 0) is 31.6 Å². The molecule has 2 unspecified atom stereocenters. The smallest absolute Gasteiger partial charge is 0.151 e. The van der Waals surface area contributed by atoms with Crippen molar-refractivity contribution in [2.75, 3.05) is 19.8 Å². The summed E-state index contributed by atoms with van der Waals surface area (Å²) >= 11 is 0. The maximum absolute atomic E-state index is 9.37. The first-order valence-corrected chi connectivity index (χ1v) is 6.99. The van der Waals surface area contributed by atoms with E-state index in [1.807, 2.05) is 4.68 Å². The predicted octanol–water partition coefficient (Wildman–Crippen LogP) is 1.12. The Balaban J connectivity index is 1.71. The molecule has 1 saturated heterocycles. The lowest BCUT2D eigenvalue weighted by atomic mass is 9.98. The van der Waals surface area contributed by atoms with Gasteiger partial charge in [0.05, 0.1) is 6.61 Å². The van der Waals surface area contributed by atoms with Crippen molar-refractivity contribution in [3.05, 3.63) is 11.6 Å². The highest BCUT2D eigenvalue weighted by Gasteiger charge is 2.25. The summed E-state index contributed by atoms with van der Waals surface area (Å²) in [7, 11) is 0. The standard InChI is InChI=1S/C13H21N3O2/c17-8-11-4-1-5-16-13(11)14-12(15-16)7-10-3-2-6-18-9-10/h10-11,17H,1-9H2. The van der Waals surface area contributed by atoms with Crippen LogP contribution in [0.25, 0.3) is 0 Å². The van der Waals surface area contributed by atoms with Gasteiger partial charge in [0.2, 0.25) is 0 Å². The van der Waals surface area contributed by atoms with E-state index >= 15 is 0 Å². The quantitative estimate of drug-likeness (QED) is 0.874. The molecule has 0 aliphatic carbocycles. The SMILES string of the molecule is OCC1CCCn2nc(CC3CCCOC3)nc21. The molecule has 18 heavy (non-hydrogen) atoms. The highest BCUT2D eigenvalue weighted by atomic mass is 16.5. The van der Waals surface area contributed by atoms with E-state index < -0.39 is 0 Å². The van der Waals surface area contributed by atoms with Crippen LogP contribution in [0.1, 0.15) is 43.3 Å². The monoisotopic (exact) mass is 251 g/mol. The molecule has 2 aliphatic rings. The Morgan fingerprint density at radius 3 is 3.06 bits per heavy atom. The number of hydrogen-bond donors (Lipinski definition) is 1. The molecule has 3 heterocycles. The van der Waals surface area contributed by atoms with E-state index in [1.54, 1.807) is 0 Å². The van der Waals surface area contributed by atoms with Crippen LogP contribution in [0.5, 0.6) is 0 Å². The molecule has 1 fully saturated rings. The fraction of sp³-hybridized carbons (Fsp3) is 0.846. The highest BCUT2D eigenvalue weighted by molar-refractivity contribution is 5.03. The minimum absolute atomic E-state index is 0.183. The summed E-state index contributed by atoms with van der Waals surface area (Å²) in [5.74, 6) is 2.66. The van der Waals surface area contributed by atoms with Crippen molar-refractivity contribution in [1.82, 2.24) is 14.8 Å². The van der Waals surface area contributed by atoms with Crippen molar-refractivity contribution in [1.29, 1.82) is 0 Å². The van der Waals surface area contributed by atoms with Crippen LogP contribution in [0.15, 0.2) is 0 Å². The van der Waals surface area contributed by atoms with Crippen LogP contribution in [0, 0.1) is 5.92 Å². The van der Waals surface area contributed by atoms with Gasteiger partial charge in [-0.15, -0.1) is 0 Å². The number of ether oxygens (including phenoxy) is 1. The molecule has 0 bridgehead atoms. The minimum Gasteiger partial charge on any atom is -0.396 e. The summed E-state index contributed by atoms with van der Waals surface area (Å²) in [4.78, 5) is 4.63. The largest absolute Gasteiger partial charge is 0.396 e. The molecule has 2 aliphatic heterocycles. The summed E-state index contributed by atoms with van der Waals surface area (Å²) in [6, 6.07) is 0. The second kappa shape index (κ2) is 5.36. The van der Waals surface area contributed by atoms with Crippen molar-refractivity contribution in [3.63, 3.8) is 0 Å². The fourth-order valence-corrected chi connectivity index (χ4v) is 2.97. The van der Waals surface area contributed by atoms with Gasteiger partial charge in [0, 0.05) is 32.1 Å². The maximum atomic E-state index is 9.37. The van der Waals surface area contributed by atoms with Crippen LogP contribution in [-0.4, -0.2) is 39.7 Å². The van der Waals surface area contributed by atoms with Gasteiger partial charge in [-0.3, -0.25) is 0 Å². The topological polar surface area (TPSA) is 60.2 Å². The number of aliphatic hydroxyl groups is 1. The number of aryl methyl sites for hydroxylation is 1. The number of hydrogen-bond acceptors (Lipinski definition) is 4. The van der Waals surface area contributed by atoms with Gasteiger partial charge in [-0.25, -0.2) is 9.67 Å². The molecule has 0 spiro atoms. The van der Waals surface area contributed by atoms with Crippen molar-refractivity contribution in [2.45, 2.75) is 44.6 Å². The van der Waals surface area contributed by atoms with Crippen LogP contribution in [0.4, 0.5) is 0 Å². The molecule has 3 rings (SSSR count). The van der Waals surface area contributed by atoms with Gasteiger partial charge < -0.3 is 9.84 Å². The Labute approximate surface area is 107 Å². The van der Waals surface area contributed by atoms with Crippen molar-refractivity contribution in [2.24, 2.45) is 5.92 Å². The van der Waals surface area contributed by atoms with Crippen LogP contribution in [0.3, 0.4) is 0 Å². The second-order valence-electron chi connectivity index (χ2n) is 5.42. The first-order chi connectivity index (χ1) is 8.86. The summed E-state index contributed by atoms with van der Waals surface area (Å²) in [5, 5.41) is 13.9. The summed E-state index contributed by atoms with van der Waals surface area (Å²) in [5.41, 5.74) is 0. The van der Waals surface area contributed by atoms with Gasteiger partial charge in [0.15, 0.2) is 5.82 Å². The first-order valence-electron chi connectivity index (χ1n) is 6.99. The van der Waals surface area contributed by atoms with E-state index in [2.05, 4.69) is 10.1 Å². The third-order valence-electron chi connectivity index (χ3n) is 3.98. The summed E-state index contributed by atoms with van der Waals surface area (Å²) in [6.45, 7) is 2.87. The zero-order valence-corrected chi connectivity index (χ0v) is 10.7. The average molecular weight is 251 g/mol. The van der Waals surface area contributed by atoms with Gasteiger partial charge in [0.1, 0.15) is 5.82 Å². The lowest BCUT2D eigenvalue weighted by molar-refractivity contribution is 0.0543. The van der Waals surface area contributed by atoms with Gasteiger partial charge in [0.25, 0.3) is 0 Å². The van der Waals surface area contributed by atoms with Crippen LogP contribution in [0.2, 0.25) is 0 Å². The minimum atomic E-state index is 0.183. The highest BCUT2D eigenvalue weighted by Crippen LogP contribution is 2.26. The second-order valence-corrected chi connectivity index (χ2v) is 5.42. The Bertz CT molecular complexity index is 399. The first kappa shape index (κ1) is 12.1. The predicted molar refractivity (Wildman–Crippen MR) is 66.3 cm³/mol. The van der Waals surface area contributed by atoms with E-state index in [1.165, 1.54) is 6.42 Å². The Morgan fingerprint density at radius 1 is 1.33 bits per heavy atom. The molecule has 1 N–H and O–H groups in total. The van der Waals surface area contributed by atoms with Gasteiger partial charge in [-0.2, -0.15) is 5.10 Å². The van der Waals surface area contributed by atoms with Crippen LogP contribution >= 0.6 is 0 Å². The molecular formula is C13H21N3O2. The maximum Gasteiger partial charge on any atom is 0.151 e. The zero-order valence-electron chi connectivity index (χ0n) is 10.7. The van der Waals surface area contributed by atoms with E-state index in [4.69, 9.17) is 4.74 Å². The summed E-state index contributed by atoms with van der Waals surface area (Å²) < 4.78 is 7.49. The molecule has 5 nitrogen and oxygen atoms in total. The Kier molecular flexibility index (Phi) is 3.61. The normalized spacial score (nSPS) is 28.1. The molecule has 100 valence electrons. The van der Waals surface area contributed by atoms with E-state index in [0.29, 0.717) is 5.92 Å². The van der Waals surface area contributed by atoms with E-state index in [9.17, 15) is 5.11 Å². The number of aromatic nitrogens is 3. The molecule has 1 aromatic rings. The number of rotatable bonds is 3. The van der Waals surface area contributed by atoms with E-state index in [-0.39, 0.29) is 12.5 Å². The average Bonchev–Trinajstić information content (AvgIpc) is 2.82. The lowest BCUT2D eigenvalue weighted by Crippen LogP contribution is -2.19. The number of fused-ring (bicyclic) bond motifs is 1. The zero-order chi connectivity index (χ0) is 12.4. The van der Waals surface area contributed by atoms with Crippen LogP contribution in [-0.2, 0) is 17.7 Å². The molecule has 5 heteroatoms. The Hall–Kier alpha value is -0.940. The van der Waals surface area contributed by atoms with Crippen LogP contribution < -0.4 is 0 Å². The Morgan fingerprint density at radius 2 is 2.28 bits per heavy atom. The third-order valence-corrected chi connectivity index (χ3v) is 3.98. The molecule has 0 aromatic carbocycles. The number of aliphatic hydroxyl groups excluding tert-OH is 1. The van der Waals surface area contributed by atoms with Crippen molar-refractivity contribution >= 4 is 0 Å². The molecule has 1 aromatic heterocycles. The summed E-state index contributed by atoms with van der Waals surface area (Å²) in [6.07, 6.45) is 5.40.